The minimum atomic E-state index is -2.84. The van der Waals surface area contributed by atoms with E-state index in [0.717, 1.165) is 0 Å². The zero-order valence-corrected chi connectivity index (χ0v) is 11.8. The molecule has 0 amide bonds. The molecule has 1 aliphatic heterocycles. The van der Waals surface area contributed by atoms with Gasteiger partial charge < -0.3 is 9.84 Å². The van der Waals surface area contributed by atoms with Gasteiger partial charge >= 0.3 is 0 Å². The average Bonchev–Trinajstić information content (AvgIpc) is 3.18. The lowest BCUT2D eigenvalue weighted by molar-refractivity contribution is 0.133. The molecule has 1 N–H and O–H groups in total. The van der Waals surface area contributed by atoms with E-state index in [1.165, 1.54) is 12.1 Å². The van der Waals surface area contributed by atoms with Crippen molar-refractivity contribution in [2.24, 2.45) is 5.41 Å². The summed E-state index contributed by atoms with van der Waals surface area (Å²) in [6.45, 7) is 0.0567. The Morgan fingerprint density at radius 3 is 2.81 bits per heavy atom. The zero-order chi connectivity index (χ0) is 15.2. The second-order valence-electron chi connectivity index (χ2n) is 5.40. The molecule has 0 radical (unpaired) electrons. The Labute approximate surface area is 122 Å². The van der Waals surface area contributed by atoms with E-state index in [1.807, 2.05) is 0 Å². The van der Waals surface area contributed by atoms with Crippen LogP contribution in [-0.2, 0) is 10.8 Å². The van der Waals surface area contributed by atoms with Crippen molar-refractivity contribution < 1.29 is 22.8 Å². The molecule has 2 atom stereocenters. The number of aliphatic hydroxyl groups is 1. The van der Waals surface area contributed by atoms with Gasteiger partial charge in [0.2, 0.25) is 0 Å². The van der Waals surface area contributed by atoms with Crippen LogP contribution in [0, 0.1) is 16.7 Å². The molecule has 1 aromatic rings. The van der Waals surface area contributed by atoms with Gasteiger partial charge in [0.05, 0.1) is 39.7 Å². The number of ether oxygens (including phenoxy) is 1. The van der Waals surface area contributed by atoms with Crippen molar-refractivity contribution in [3.05, 3.63) is 23.3 Å². The van der Waals surface area contributed by atoms with Crippen molar-refractivity contribution in [3.63, 3.8) is 0 Å². The molecule has 1 fully saturated rings. The van der Waals surface area contributed by atoms with E-state index in [2.05, 4.69) is 6.07 Å². The van der Waals surface area contributed by atoms with Gasteiger partial charge in [-0.05, 0) is 25.0 Å². The first-order valence-corrected chi connectivity index (χ1v) is 7.85. The number of aliphatic hydroxyl groups excluding tert-OH is 1. The minimum absolute atomic E-state index is 0.0163. The number of nitriles is 1. The topological polar surface area (TPSA) is 70.3 Å². The average molecular weight is 313 g/mol. The lowest BCUT2D eigenvalue weighted by Gasteiger charge is -2.17. The summed E-state index contributed by atoms with van der Waals surface area (Å²) in [6.07, 6.45) is -2.60. The van der Waals surface area contributed by atoms with Crippen LogP contribution in [0.25, 0.3) is 0 Å². The molecule has 1 saturated carbocycles. The van der Waals surface area contributed by atoms with Gasteiger partial charge in [-0.15, -0.1) is 0 Å². The van der Waals surface area contributed by atoms with E-state index < -0.39 is 34.3 Å². The first kappa shape index (κ1) is 14.4. The molecule has 2 aliphatic rings. The number of hydrogen-bond donors (Lipinski definition) is 1. The SMILES string of the molecule is N#CC1(COc2ccc3c(c2C(F)F)C(O)CS3=O)CC1. The summed E-state index contributed by atoms with van der Waals surface area (Å²) in [5, 5.41) is 18.8. The molecule has 21 heavy (non-hydrogen) atoms. The number of benzene rings is 1. The third-order valence-electron chi connectivity index (χ3n) is 3.91. The summed E-state index contributed by atoms with van der Waals surface area (Å²) in [5.74, 6) is -0.107. The molecule has 1 aromatic carbocycles. The van der Waals surface area contributed by atoms with Crippen molar-refractivity contribution in [2.45, 2.75) is 30.3 Å². The minimum Gasteiger partial charge on any atom is -0.491 e. The number of nitrogens with zero attached hydrogens (tertiary/aromatic N) is 1. The number of halogens is 2. The van der Waals surface area contributed by atoms with Crippen LogP contribution in [0.15, 0.2) is 17.0 Å². The maximum atomic E-state index is 13.3. The maximum Gasteiger partial charge on any atom is 0.267 e. The molecular formula is C14H13F2NO3S. The molecule has 112 valence electrons. The second-order valence-corrected chi connectivity index (χ2v) is 6.86. The first-order valence-electron chi connectivity index (χ1n) is 6.53. The van der Waals surface area contributed by atoms with Gasteiger partial charge in [-0.1, -0.05) is 0 Å². The maximum absolute atomic E-state index is 13.3. The highest BCUT2D eigenvalue weighted by molar-refractivity contribution is 7.85. The van der Waals surface area contributed by atoms with Crippen molar-refractivity contribution >= 4 is 10.8 Å². The van der Waals surface area contributed by atoms with Gasteiger partial charge in [-0.2, -0.15) is 5.26 Å². The van der Waals surface area contributed by atoms with Crippen LogP contribution in [0.5, 0.6) is 5.75 Å². The lowest BCUT2D eigenvalue weighted by Crippen LogP contribution is -2.13. The fourth-order valence-electron chi connectivity index (χ4n) is 2.46. The van der Waals surface area contributed by atoms with Crippen LogP contribution in [0.4, 0.5) is 8.78 Å². The largest absolute Gasteiger partial charge is 0.491 e. The first-order chi connectivity index (χ1) is 9.97. The Kier molecular flexibility index (Phi) is 3.46. The van der Waals surface area contributed by atoms with Crippen LogP contribution in [0.2, 0.25) is 0 Å². The number of fused-ring (bicyclic) bond motifs is 1. The summed E-state index contributed by atoms with van der Waals surface area (Å²) < 4.78 is 43.9. The Morgan fingerprint density at radius 2 is 2.24 bits per heavy atom. The van der Waals surface area contributed by atoms with Crippen molar-refractivity contribution in [1.82, 2.24) is 0 Å². The van der Waals surface area contributed by atoms with Gasteiger partial charge in [-0.25, -0.2) is 8.78 Å². The summed E-state index contributed by atoms with van der Waals surface area (Å²) in [7, 11) is -1.46. The van der Waals surface area contributed by atoms with Crippen molar-refractivity contribution in [2.75, 3.05) is 12.4 Å². The quantitative estimate of drug-likeness (QED) is 0.927. The third-order valence-corrected chi connectivity index (χ3v) is 5.37. The molecule has 0 spiro atoms. The van der Waals surface area contributed by atoms with Crippen molar-refractivity contribution in [3.8, 4) is 11.8 Å². The molecule has 0 aromatic heterocycles. The predicted molar refractivity (Wildman–Crippen MR) is 70.4 cm³/mol. The highest BCUT2D eigenvalue weighted by Gasteiger charge is 2.44. The fraction of sp³-hybridized carbons (Fsp3) is 0.500. The van der Waals surface area contributed by atoms with E-state index in [0.29, 0.717) is 12.8 Å². The molecule has 7 heteroatoms. The zero-order valence-electron chi connectivity index (χ0n) is 11.0. The third kappa shape index (κ3) is 2.43. The lowest BCUT2D eigenvalue weighted by atomic mass is 10.0. The molecule has 0 bridgehead atoms. The standard InChI is InChI=1S/C14H13F2NO3S/c15-13(16)12-9(20-7-14(6-17)3-4-14)1-2-10-11(12)8(18)5-21(10)19/h1-2,8,13,18H,3-5,7H2. The van der Waals surface area contributed by atoms with Crippen LogP contribution < -0.4 is 4.74 Å². The molecule has 1 heterocycles. The molecule has 4 nitrogen and oxygen atoms in total. The van der Waals surface area contributed by atoms with E-state index in [-0.39, 0.29) is 28.6 Å². The highest BCUT2D eigenvalue weighted by atomic mass is 32.2. The summed E-state index contributed by atoms with van der Waals surface area (Å²) in [6, 6.07) is 4.93. The smallest absolute Gasteiger partial charge is 0.267 e. The number of alkyl halides is 2. The van der Waals surface area contributed by atoms with Gasteiger partial charge in [-0.3, -0.25) is 4.21 Å². The van der Waals surface area contributed by atoms with E-state index in [9.17, 15) is 18.1 Å². The van der Waals surface area contributed by atoms with Gasteiger partial charge in [0.25, 0.3) is 6.43 Å². The van der Waals surface area contributed by atoms with Gasteiger partial charge in [0.1, 0.15) is 12.4 Å². The van der Waals surface area contributed by atoms with E-state index >= 15 is 0 Å². The monoisotopic (exact) mass is 313 g/mol. The highest BCUT2D eigenvalue weighted by Crippen LogP contribution is 2.47. The van der Waals surface area contributed by atoms with Crippen LogP contribution in [-0.4, -0.2) is 21.7 Å². The summed E-state index contributed by atoms with van der Waals surface area (Å²) >= 11 is 0. The molecule has 1 aliphatic carbocycles. The van der Waals surface area contributed by atoms with E-state index in [1.54, 1.807) is 0 Å². The summed E-state index contributed by atoms with van der Waals surface area (Å²) in [5.41, 5.74) is -0.956. The van der Waals surface area contributed by atoms with E-state index in [4.69, 9.17) is 10.00 Å². The second kappa shape index (κ2) is 5.04. The molecule has 3 rings (SSSR count). The Morgan fingerprint density at radius 1 is 1.52 bits per heavy atom. The predicted octanol–water partition coefficient (Wildman–Crippen LogP) is 2.46. The van der Waals surface area contributed by atoms with Crippen LogP contribution >= 0.6 is 0 Å². The number of hydrogen-bond acceptors (Lipinski definition) is 4. The van der Waals surface area contributed by atoms with Crippen LogP contribution in [0.3, 0.4) is 0 Å². The normalized spacial score (nSPS) is 25.5. The molecule has 2 unspecified atom stereocenters. The van der Waals surface area contributed by atoms with Crippen LogP contribution in [0.1, 0.15) is 36.5 Å². The van der Waals surface area contributed by atoms with Gasteiger partial charge in [0.15, 0.2) is 0 Å². The van der Waals surface area contributed by atoms with Crippen molar-refractivity contribution in [1.29, 1.82) is 5.26 Å². The van der Waals surface area contributed by atoms with Gasteiger partial charge in [0, 0.05) is 10.5 Å². The Bertz CT molecular complexity index is 652. The Hall–Kier alpha value is -1.52. The fourth-order valence-corrected chi connectivity index (χ4v) is 3.81. The molecule has 0 saturated heterocycles. The Balaban J connectivity index is 1.96. The summed E-state index contributed by atoms with van der Waals surface area (Å²) in [4.78, 5) is 0.242. The number of rotatable bonds is 4. The molecular weight excluding hydrogens is 300 g/mol.